The second-order valence-electron chi connectivity index (χ2n) is 8.70. The third kappa shape index (κ3) is 6.06. The van der Waals surface area contributed by atoms with Crippen LogP contribution in [-0.4, -0.2) is 29.2 Å². The SMILES string of the molecule is Cc1cccc(C)c1NC(=O)CCCCCCCCCCN1C(=O)c2ccccc2C1=O. The highest BCUT2D eigenvalue weighted by Gasteiger charge is 2.34. The molecule has 3 amide bonds. The number of nitrogens with one attached hydrogen (secondary N) is 1. The monoisotopic (exact) mass is 434 g/mol. The maximum Gasteiger partial charge on any atom is 0.261 e. The molecular formula is C27H34N2O3. The van der Waals surface area contributed by atoms with E-state index in [-0.39, 0.29) is 17.7 Å². The maximum atomic E-state index is 12.3. The molecule has 0 unspecified atom stereocenters. The van der Waals surface area contributed by atoms with Gasteiger partial charge in [-0.1, -0.05) is 68.9 Å². The Bertz CT molecular complexity index is 912. The Kier molecular flexibility index (Phi) is 8.60. The molecule has 0 radical (unpaired) electrons. The average Bonchev–Trinajstić information content (AvgIpc) is 3.02. The molecule has 2 aromatic carbocycles. The number of imide groups is 1. The number of aryl methyl sites for hydroxylation is 2. The van der Waals surface area contributed by atoms with Crippen LogP contribution in [0.4, 0.5) is 5.69 Å². The van der Waals surface area contributed by atoms with E-state index in [0.717, 1.165) is 68.2 Å². The minimum atomic E-state index is -0.160. The van der Waals surface area contributed by atoms with Crippen LogP contribution >= 0.6 is 0 Å². The third-order valence-corrected chi connectivity index (χ3v) is 6.16. The normalized spacial score (nSPS) is 12.9. The van der Waals surface area contributed by atoms with E-state index in [1.54, 1.807) is 24.3 Å². The molecule has 0 saturated heterocycles. The molecule has 0 aliphatic carbocycles. The highest BCUT2D eigenvalue weighted by molar-refractivity contribution is 6.21. The molecule has 0 atom stereocenters. The highest BCUT2D eigenvalue weighted by Crippen LogP contribution is 2.23. The lowest BCUT2D eigenvalue weighted by atomic mass is 10.1. The van der Waals surface area contributed by atoms with Gasteiger partial charge in [0.2, 0.25) is 5.91 Å². The number of hydrogen-bond acceptors (Lipinski definition) is 3. The van der Waals surface area contributed by atoms with Gasteiger partial charge in [-0.3, -0.25) is 19.3 Å². The summed E-state index contributed by atoms with van der Waals surface area (Å²) < 4.78 is 0. The van der Waals surface area contributed by atoms with E-state index in [2.05, 4.69) is 5.32 Å². The summed E-state index contributed by atoms with van der Waals surface area (Å²) in [6.07, 6.45) is 8.96. The van der Waals surface area contributed by atoms with Gasteiger partial charge in [0, 0.05) is 18.7 Å². The van der Waals surface area contributed by atoms with Gasteiger partial charge in [-0.25, -0.2) is 0 Å². The fraction of sp³-hybridized carbons (Fsp3) is 0.444. The summed E-state index contributed by atoms with van der Waals surface area (Å²) in [5, 5.41) is 3.05. The van der Waals surface area contributed by atoms with Gasteiger partial charge in [-0.15, -0.1) is 0 Å². The van der Waals surface area contributed by atoms with Crippen molar-refractivity contribution in [1.29, 1.82) is 0 Å². The number of carbonyl (C=O) groups is 3. The van der Waals surface area contributed by atoms with Crippen LogP contribution in [0, 0.1) is 13.8 Å². The van der Waals surface area contributed by atoms with E-state index in [9.17, 15) is 14.4 Å². The largest absolute Gasteiger partial charge is 0.326 e. The van der Waals surface area contributed by atoms with Crippen molar-refractivity contribution < 1.29 is 14.4 Å². The topological polar surface area (TPSA) is 66.5 Å². The molecule has 32 heavy (non-hydrogen) atoms. The van der Waals surface area contributed by atoms with E-state index >= 15 is 0 Å². The number of anilines is 1. The van der Waals surface area contributed by atoms with Gasteiger partial charge in [0.15, 0.2) is 0 Å². The molecule has 0 fully saturated rings. The zero-order valence-electron chi connectivity index (χ0n) is 19.3. The lowest BCUT2D eigenvalue weighted by molar-refractivity contribution is -0.116. The first-order valence-electron chi connectivity index (χ1n) is 11.8. The molecule has 1 heterocycles. The predicted molar refractivity (Wildman–Crippen MR) is 128 cm³/mol. The number of fused-ring (bicyclic) bond motifs is 1. The van der Waals surface area contributed by atoms with E-state index in [1.807, 2.05) is 32.0 Å². The van der Waals surface area contributed by atoms with Crippen molar-refractivity contribution in [3.8, 4) is 0 Å². The predicted octanol–water partition coefficient (Wildman–Crippen LogP) is 6.05. The molecule has 0 aromatic heterocycles. The second-order valence-corrected chi connectivity index (χ2v) is 8.70. The maximum absolute atomic E-state index is 12.3. The molecule has 1 N–H and O–H groups in total. The first-order chi connectivity index (χ1) is 15.5. The first kappa shape index (κ1) is 23.7. The molecule has 0 saturated carbocycles. The molecule has 1 aliphatic heterocycles. The Morgan fingerprint density at radius 1 is 0.719 bits per heavy atom. The van der Waals surface area contributed by atoms with Gasteiger partial charge < -0.3 is 5.32 Å². The van der Waals surface area contributed by atoms with Crippen molar-refractivity contribution >= 4 is 23.4 Å². The van der Waals surface area contributed by atoms with E-state index < -0.39 is 0 Å². The average molecular weight is 435 g/mol. The molecule has 170 valence electrons. The number of unbranched alkanes of at least 4 members (excludes halogenated alkanes) is 7. The van der Waals surface area contributed by atoms with Gasteiger partial charge in [-0.2, -0.15) is 0 Å². The van der Waals surface area contributed by atoms with Crippen molar-refractivity contribution in [2.45, 2.75) is 71.6 Å². The van der Waals surface area contributed by atoms with Crippen LogP contribution in [0.2, 0.25) is 0 Å². The van der Waals surface area contributed by atoms with Crippen LogP contribution in [0.15, 0.2) is 42.5 Å². The second kappa shape index (κ2) is 11.6. The summed E-state index contributed by atoms with van der Waals surface area (Å²) in [5.41, 5.74) is 4.20. The van der Waals surface area contributed by atoms with Crippen molar-refractivity contribution in [2.75, 3.05) is 11.9 Å². The Balaban J connectivity index is 1.21. The molecule has 2 aromatic rings. The Labute approximate surface area is 191 Å². The molecule has 3 rings (SSSR count). The van der Waals surface area contributed by atoms with Crippen LogP contribution in [0.3, 0.4) is 0 Å². The van der Waals surface area contributed by atoms with E-state index in [0.29, 0.717) is 24.1 Å². The Hall–Kier alpha value is -2.95. The molecule has 5 nitrogen and oxygen atoms in total. The fourth-order valence-electron chi connectivity index (χ4n) is 4.27. The van der Waals surface area contributed by atoms with Gasteiger partial charge in [-0.05, 0) is 49.9 Å². The van der Waals surface area contributed by atoms with Crippen molar-refractivity contribution in [2.24, 2.45) is 0 Å². The Morgan fingerprint density at radius 2 is 1.22 bits per heavy atom. The molecular weight excluding hydrogens is 400 g/mol. The molecule has 5 heteroatoms. The smallest absolute Gasteiger partial charge is 0.261 e. The zero-order valence-corrected chi connectivity index (χ0v) is 19.3. The first-order valence-corrected chi connectivity index (χ1v) is 11.8. The van der Waals surface area contributed by atoms with Crippen molar-refractivity contribution in [1.82, 2.24) is 4.90 Å². The van der Waals surface area contributed by atoms with Crippen LogP contribution in [0.5, 0.6) is 0 Å². The minimum absolute atomic E-state index is 0.0931. The summed E-state index contributed by atoms with van der Waals surface area (Å²) in [6, 6.07) is 13.1. The summed E-state index contributed by atoms with van der Waals surface area (Å²) in [7, 11) is 0. The van der Waals surface area contributed by atoms with Gasteiger partial charge in [0.25, 0.3) is 11.8 Å². The highest BCUT2D eigenvalue weighted by atomic mass is 16.2. The fourth-order valence-corrected chi connectivity index (χ4v) is 4.27. The van der Waals surface area contributed by atoms with E-state index in [1.165, 1.54) is 4.90 Å². The number of para-hydroxylation sites is 1. The van der Waals surface area contributed by atoms with E-state index in [4.69, 9.17) is 0 Å². The minimum Gasteiger partial charge on any atom is -0.326 e. The summed E-state index contributed by atoms with van der Waals surface area (Å²) in [5.74, 6) is -0.227. The van der Waals surface area contributed by atoms with Gasteiger partial charge in [0.05, 0.1) is 11.1 Å². The lowest BCUT2D eigenvalue weighted by Gasteiger charge is -2.13. The standard InChI is InChI=1S/C27H34N2O3/c1-20-14-13-15-21(2)25(20)28-24(30)18-9-7-5-3-4-6-8-12-19-29-26(31)22-16-10-11-17-23(22)27(29)32/h10-11,13-17H,3-9,12,18-19H2,1-2H3,(H,28,30). The summed E-state index contributed by atoms with van der Waals surface area (Å²) in [4.78, 5) is 38.2. The number of carbonyl (C=O) groups excluding carboxylic acids is 3. The number of nitrogens with zero attached hydrogens (tertiary/aromatic N) is 1. The summed E-state index contributed by atoms with van der Waals surface area (Å²) in [6.45, 7) is 4.53. The van der Waals surface area contributed by atoms with Crippen LogP contribution in [0.1, 0.15) is 89.6 Å². The van der Waals surface area contributed by atoms with Crippen molar-refractivity contribution in [3.63, 3.8) is 0 Å². The zero-order chi connectivity index (χ0) is 22.9. The third-order valence-electron chi connectivity index (χ3n) is 6.16. The number of rotatable bonds is 12. The quantitative estimate of drug-likeness (QED) is 0.327. The molecule has 1 aliphatic rings. The van der Waals surface area contributed by atoms with Crippen LogP contribution in [0.25, 0.3) is 0 Å². The Morgan fingerprint density at radius 3 is 1.78 bits per heavy atom. The van der Waals surface area contributed by atoms with Gasteiger partial charge >= 0.3 is 0 Å². The lowest BCUT2D eigenvalue weighted by Crippen LogP contribution is -2.30. The number of hydrogen-bond donors (Lipinski definition) is 1. The molecule has 0 spiro atoms. The number of amides is 3. The number of benzene rings is 2. The van der Waals surface area contributed by atoms with Gasteiger partial charge in [0.1, 0.15) is 0 Å². The van der Waals surface area contributed by atoms with Crippen LogP contribution < -0.4 is 5.32 Å². The summed E-state index contributed by atoms with van der Waals surface area (Å²) >= 11 is 0. The van der Waals surface area contributed by atoms with Crippen LogP contribution in [-0.2, 0) is 4.79 Å². The van der Waals surface area contributed by atoms with Crippen molar-refractivity contribution in [3.05, 3.63) is 64.7 Å². The molecule has 0 bridgehead atoms.